The third-order valence-electron chi connectivity index (χ3n) is 4.53. The van der Waals surface area contributed by atoms with E-state index in [2.05, 4.69) is 20.7 Å². The van der Waals surface area contributed by atoms with Crippen LogP contribution in [0.1, 0.15) is 29.7 Å². The van der Waals surface area contributed by atoms with Crippen LogP contribution >= 0.6 is 0 Å². The van der Waals surface area contributed by atoms with Gasteiger partial charge in [0.15, 0.2) is 0 Å². The molecular formula is C19H19N5O2. The maximum absolute atomic E-state index is 13.2. The van der Waals surface area contributed by atoms with E-state index in [0.29, 0.717) is 11.5 Å². The predicted molar refractivity (Wildman–Crippen MR) is 97.7 cm³/mol. The number of hydrogen-bond donors (Lipinski definition) is 2. The molecule has 1 amide bonds. The van der Waals surface area contributed by atoms with Crippen molar-refractivity contribution in [1.82, 2.24) is 14.8 Å². The Hall–Kier alpha value is -3.35. The average Bonchev–Trinajstić information content (AvgIpc) is 3.27. The second-order valence-electron chi connectivity index (χ2n) is 6.42. The molecule has 0 saturated carbocycles. The molecule has 26 heavy (non-hydrogen) atoms. The lowest BCUT2D eigenvalue weighted by Gasteiger charge is -2.27. The Labute approximate surface area is 150 Å². The minimum atomic E-state index is -0.404. The van der Waals surface area contributed by atoms with E-state index in [9.17, 15) is 4.79 Å². The van der Waals surface area contributed by atoms with E-state index in [1.807, 2.05) is 45.0 Å². The zero-order valence-corrected chi connectivity index (χ0v) is 14.8. The summed E-state index contributed by atoms with van der Waals surface area (Å²) in [4.78, 5) is 17.4. The van der Waals surface area contributed by atoms with E-state index in [1.54, 1.807) is 17.2 Å². The van der Waals surface area contributed by atoms with Gasteiger partial charge >= 0.3 is 0 Å². The number of fused-ring (bicyclic) bond motifs is 1. The van der Waals surface area contributed by atoms with Crippen molar-refractivity contribution in [3.63, 3.8) is 0 Å². The first kappa shape index (κ1) is 16.1. The van der Waals surface area contributed by atoms with Crippen LogP contribution in [0.3, 0.4) is 0 Å². The van der Waals surface area contributed by atoms with Crippen LogP contribution in [0.2, 0.25) is 0 Å². The lowest BCUT2D eigenvalue weighted by Crippen LogP contribution is -2.31. The molecule has 3 heterocycles. The Morgan fingerprint density at radius 3 is 2.85 bits per heavy atom. The summed E-state index contributed by atoms with van der Waals surface area (Å²) < 4.78 is 6.93. The lowest BCUT2D eigenvalue weighted by molar-refractivity contribution is -0.113. The monoisotopic (exact) mass is 349 g/mol. The molecule has 0 radical (unpaired) electrons. The topological polar surface area (TPSA) is 85.0 Å². The molecule has 7 heteroatoms. The molecule has 1 atom stereocenters. The normalized spacial score (nSPS) is 16.2. The third kappa shape index (κ3) is 2.67. The molecule has 1 aliphatic rings. The van der Waals surface area contributed by atoms with E-state index in [-0.39, 0.29) is 5.91 Å². The highest BCUT2D eigenvalue weighted by molar-refractivity contribution is 6.06. The number of hydrogen-bond acceptors (Lipinski definition) is 5. The molecule has 4 rings (SSSR count). The van der Waals surface area contributed by atoms with E-state index < -0.39 is 6.04 Å². The third-order valence-corrected chi connectivity index (χ3v) is 4.53. The van der Waals surface area contributed by atoms with Crippen molar-refractivity contribution >= 4 is 17.5 Å². The average molecular weight is 349 g/mol. The standard InChI is InChI=1S/C19H19N5O2/c1-11-4-5-15(12(2)8-11)23-18(25)16-13(3)22-19-20-10-21-24(19)17(16)14-6-7-26-9-14/h4-10,17H,1-3H3,(H,23,25)(H,20,21,22)/t17-/m1/s1. The summed E-state index contributed by atoms with van der Waals surface area (Å²) in [6, 6.07) is 7.37. The zero-order valence-electron chi connectivity index (χ0n) is 14.8. The van der Waals surface area contributed by atoms with E-state index >= 15 is 0 Å². The minimum absolute atomic E-state index is 0.186. The smallest absolute Gasteiger partial charge is 0.255 e. The summed E-state index contributed by atoms with van der Waals surface area (Å²) in [6.07, 6.45) is 4.68. The fourth-order valence-corrected chi connectivity index (χ4v) is 3.27. The number of anilines is 2. The van der Waals surface area contributed by atoms with Crippen molar-refractivity contribution < 1.29 is 9.21 Å². The molecule has 1 aromatic carbocycles. The molecule has 0 spiro atoms. The summed E-state index contributed by atoms with van der Waals surface area (Å²) in [5, 5.41) is 10.5. The number of rotatable bonds is 3. The molecule has 0 aliphatic carbocycles. The van der Waals surface area contributed by atoms with Gasteiger partial charge in [0.1, 0.15) is 12.4 Å². The Balaban J connectivity index is 1.74. The SMILES string of the molecule is CC1=C(C(=O)Nc2ccc(C)cc2C)[C@@H](c2ccoc2)n2ncnc2N1. The molecular weight excluding hydrogens is 330 g/mol. The zero-order chi connectivity index (χ0) is 18.3. The van der Waals surface area contributed by atoms with E-state index in [1.165, 1.54) is 6.33 Å². The summed E-state index contributed by atoms with van der Waals surface area (Å²) in [7, 11) is 0. The Morgan fingerprint density at radius 2 is 2.12 bits per heavy atom. The summed E-state index contributed by atoms with van der Waals surface area (Å²) >= 11 is 0. The summed E-state index contributed by atoms with van der Waals surface area (Å²) in [6.45, 7) is 5.87. The van der Waals surface area contributed by atoms with Crippen molar-refractivity contribution in [3.8, 4) is 0 Å². The number of carbonyl (C=O) groups excluding carboxylic acids is 1. The molecule has 1 aliphatic heterocycles. The van der Waals surface area contributed by atoms with Gasteiger partial charge in [0.2, 0.25) is 5.95 Å². The van der Waals surface area contributed by atoms with Crippen LogP contribution < -0.4 is 10.6 Å². The maximum Gasteiger partial charge on any atom is 0.255 e. The number of nitrogens with zero attached hydrogens (tertiary/aromatic N) is 3. The minimum Gasteiger partial charge on any atom is -0.472 e. The molecule has 0 saturated heterocycles. The van der Waals surface area contributed by atoms with Crippen molar-refractivity contribution in [2.75, 3.05) is 10.6 Å². The molecule has 132 valence electrons. The number of allylic oxidation sites excluding steroid dienone is 1. The van der Waals surface area contributed by atoms with Gasteiger partial charge in [-0.25, -0.2) is 4.68 Å². The summed E-state index contributed by atoms with van der Waals surface area (Å²) in [5.41, 5.74) is 5.10. The number of nitrogens with one attached hydrogen (secondary N) is 2. The second-order valence-corrected chi connectivity index (χ2v) is 6.42. The number of benzene rings is 1. The Bertz CT molecular complexity index is 1000. The van der Waals surface area contributed by atoms with Gasteiger partial charge in [-0.1, -0.05) is 17.7 Å². The number of carbonyl (C=O) groups is 1. The first-order chi connectivity index (χ1) is 12.5. The molecule has 7 nitrogen and oxygen atoms in total. The number of aromatic nitrogens is 3. The second kappa shape index (κ2) is 6.18. The quantitative estimate of drug-likeness (QED) is 0.757. The van der Waals surface area contributed by atoms with Crippen LogP contribution in [0, 0.1) is 13.8 Å². The predicted octanol–water partition coefficient (Wildman–Crippen LogP) is 3.42. The largest absolute Gasteiger partial charge is 0.472 e. The fraction of sp³-hybridized carbons (Fsp3) is 0.211. The van der Waals surface area contributed by atoms with Crippen LogP contribution in [0.25, 0.3) is 0 Å². The van der Waals surface area contributed by atoms with Crippen LogP contribution in [0.4, 0.5) is 11.6 Å². The van der Waals surface area contributed by atoms with Gasteiger partial charge in [0.05, 0.1) is 18.1 Å². The van der Waals surface area contributed by atoms with Gasteiger partial charge < -0.3 is 15.1 Å². The van der Waals surface area contributed by atoms with Gasteiger partial charge in [-0.05, 0) is 38.5 Å². The van der Waals surface area contributed by atoms with Crippen molar-refractivity contribution in [3.05, 3.63) is 71.1 Å². The molecule has 3 aromatic rings. The molecule has 2 aromatic heterocycles. The Kier molecular flexibility index (Phi) is 3.84. The highest BCUT2D eigenvalue weighted by atomic mass is 16.3. The van der Waals surface area contributed by atoms with Crippen LogP contribution in [0.5, 0.6) is 0 Å². The highest BCUT2D eigenvalue weighted by Gasteiger charge is 2.34. The van der Waals surface area contributed by atoms with Crippen molar-refractivity contribution in [2.45, 2.75) is 26.8 Å². The van der Waals surface area contributed by atoms with Gasteiger partial charge in [-0.15, -0.1) is 0 Å². The van der Waals surface area contributed by atoms with Crippen molar-refractivity contribution in [2.24, 2.45) is 0 Å². The van der Waals surface area contributed by atoms with Crippen LogP contribution in [0.15, 0.2) is 58.8 Å². The van der Waals surface area contributed by atoms with Crippen LogP contribution in [-0.4, -0.2) is 20.7 Å². The highest BCUT2D eigenvalue weighted by Crippen LogP contribution is 2.35. The number of furan rings is 1. The summed E-state index contributed by atoms with van der Waals surface area (Å²) in [5.74, 6) is 0.408. The van der Waals surface area contributed by atoms with Gasteiger partial charge in [-0.2, -0.15) is 10.1 Å². The molecule has 0 bridgehead atoms. The maximum atomic E-state index is 13.2. The first-order valence-corrected chi connectivity index (χ1v) is 8.32. The molecule has 0 unspecified atom stereocenters. The van der Waals surface area contributed by atoms with Crippen molar-refractivity contribution in [1.29, 1.82) is 0 Å². The number of amides is 1. The van der Waals surface area contributed by atoms with Gasteiger partial charge in [-0.3, -0.25) is 4.79 Å². The fourth-order valence-electron chi connectivity index (χ4n) is 3.27. The first-order valence-electron chi connectivity index (χ1n) is 8.32. The van der Waals surface area contributed by atoms with E-state index in [0.717, 1.165) is 28.1 Å². The van der Waals surface area contributed by atoms with Gasteiger partial charge in [0, 0.05) is 16.9 Å². The molecule has 2 N–H and O–H groups in total. The Morgan fingerprint density at radius 1 is 1.27 bits per heavy atom. The number of aryl methyl sites for hydroxylation is 2. The van der Waals surface area contributed by atoms with Crippen LogP contribution in [-0.2, 0) is 4.79 Å². The molecule has 0 fully saturated rings. The van der Waals surface area contributed by atoms with Gasteiger partial charge in [0.25, 0.3) is 5.91 Å². The lowest BCUT2D eigenvalue weighted by atomic mass is 9.97. The van der Waals surface area contributed by atoms with E-state index in [4.69, 9.17) is 4.42 Å².